The molecule has 0 aliphatic carbocycles. The molecule has 2 aromatic heterocycles. The molecule has 3 N–H and O–H groups in total. The van der Waals surface area contributed by atoms with Crippen LogP contribution in [0.2, 0.25) is 0 Å². The SMILES string of the molecule is CN=CC=C(N)c1cc(C(=O)Nc2c(-c3ccccc3)nc3ccccn23)c(F)cc1C(F)(F)F. The highest BCUT2D eigenvalue weighted by Gasteiger charge is 2.36. The summed E-state index contributed by atoms with van der Waals surface area (Å²) in [6, 6.07) is 15.2. The molecule has 4 rings (SSSR count). The van der Waals surface area contributed by atoms with Crippen molar-refractivity contribution in [3.05, 3.63) is 95.4 Å². The minimum Gasteiger partial charge on any atom is -0.398 e. The maximum atomic E-state index is 14.8. The standard InChI is InChI=1S/C25H19F4N5O/c1-31-11-10-20(30)16-13-17(19(26)14-18(16)25(27,28)29)24(35)33-23-22(15-7-3-2-4-8-15)32-21-9-5-6-12-34(21)23/h2-14H,30H2,1H3,(H,33,35). The number of aliphatic imine (C=N–C) groups is 1. The van der Waals surface area contributed by atoms with Crippen LogP contribution in [0.15, 0.2) is 77.9 Å². The number of halogens is 4. The fourth-order valence-electron chi connectivity index (χ4n) is 3.55. The Morgan fingerprint density at radius 2 is 1.80 bits per heavy atom. The lowest BCUT2D eigenvalue weighted by atomic mass is 9.99. The molecule has 178 valence electrons. The molecule has 0 aliphatic rings. The minimum atomic E-state index is -4.89. The van der Waals surface area contributed by atoms with Crippen LogP contribution in [-0.2, 0) is 6.18 Å². The summed E-state index contributed by atoms with van der Waals surface area (Å²) in [6.45, 7) is 0. The number of anilines is 1. The van der Waals surface area contributed by atoms with Gasteiger partial charge in [0.25, 0.3) is 5.91 Å². The molecule has 0 atom stereocenters. The third kappa shape index (κ3) is 4.77. The average molecular weight is 481 g/mol. The second-order valence-electron chi connectivity index (χ2n) is 7.46. The molecule has 0 fully saturated rings. The lowest BCUT2D eigenvalue weighted by Gasteiger charge is -2.16. The van der Waals surface area contributed by atoms with E-state index in [1.165, 1.54) is 13.3 Å². The number of carbonyl (C=O) groups excluding carboxylic acids is 1. The highest BCUT2D eigenvalue weighted by Crippen LogP contribution is 2.36. The molecule has 0 radical (unpaired) electrons. The molecular weight excluding hydrogens is 462 g/mol. The number of rotatable bonds is 5. The second-order valence-corrected chi connectivity index (χ2v) is 7.46. The molecule has 4 aromatic rings. The van der Waals surface area contributed by atoms with E-state index < -0.39 is 34.6 Å². The fraction of sp³-hybridized carbons (Fsp3) is 0.0800. The van der Waals surface area contributed by atoms with E-state index in [2.05, 4.69) is 15.3 Å². The van der Waals surface area contributed by atoms with Crippen molar-refractivity contribution in [1.29, 1.82) is 0 Å². The van der Waals surface area contributed by atoms with Crippen molar-refractivity contribution < 1.29 is 22.4 Å². The molecule has 0 aliphatic heterocycles. The lowest BCUT2D eigenvalue weighted by Crippen LogP contribution is -2.19. The van der Waals surface area contributed by atoms with E-state index >= 15 is 0 Å². The van der Waals surface area contributed by atoms with Crippen molar-refractivity contribution in [3.8, 4) is 11.3 Å². The topological polar surface area (TPSA) is 84.8 Å². The predicted molar refractivity (Wildman–Crippen MR) is 127 cm³/mol. The highest BCUT2D eigenvalue weighted by atomic mass is 19.4. The Balaban J connectivity index is 1.83. The highest BCUT2D eigenvalue weighted by molar-refractivity contribution is 6.06. The first-order valence-electron chi connectivity index (χ1n) is 10.3. The molecule has 2 heterocycles. The summed E-state index contributed by atoms with van der Waals surface area (Å²) in [5.41, 5.74) is 4.66. The number of fused-ring (bicyclic) bond motifs is 1. The van der Waals surface area contributed by atoms with Gasteiger partial charge >= 0.3 is 6.18 Å². The van der Waals surface area contributed by atoms with Gasteiger partial charge in [0, 0.05) is 36.3 Å². The van der Waals surface area contributed by atoms with Gasteiger partial charge in [-0.1, -0.05) is 36.4 Å². The summed E-state index contributed by atoms with van der Waals surface area (Å²) in [6.07, 6.45) is -0.899. The Morgan fingerprint density at radius 3 is 2.49 bits per heavy atom. The zero-order chi connectivity index (χ0) is 25.2. The molecule has 2 aromatic carbocycles. The summed E-state index contributed by atoms with van der Waals surface area (Å²) < 4.78 is 57.1. The number of nitrogens with zero attached hydrogens (tertiary/aromatic N) is 3. The van der Waals surface area contributed by atoms with Crippen LogP contribution < -0.4 is 11.1 Å². The van der Waals surface area contributed by atoms with Crippen molar-refractivity contribution in [3.63, 3.8) is 0 Å². The predicted octanol–water partition coefficient (Wildman–Crippen LogP) is 5.41. The largest absolute Gasteiger partial charge is 0.417 e. The average Bonchev–Trinajstić information content (AvgIpc) is 3.20. The fourth-order valence-corrected chi connectivity index (χ4v) is 3.55. The lowest BCUT2D eigenvalue weighted by molar-refractivity contribution is -0.138. The van der Waals surface area contributed by atoms with Gasteiger partial charge in [-0.2, -0.15) is 13.2 Å². The molecule has 10 heteroatoms. The number of allylic oxidation sites excluding steroid dienone is 1. The second kappa shape index (κ2) is 9.41. The third-order valence-corrected chi connectivity index (χ3v) is 5.18. The maximum absolute atomic E-state index is 14.8. The number of nitrogens with one attached hydrogen (secondary N) is 1. The van der Waals surface area contributed by atoms with Gasteiger partial charge in [0.05, 0.1) is 11.1 Å². The van der Waals surface area contributed by atoms with Gasteiger partial charge in [-0.15, -0.1) is 0 Å². The minimum absolute atomic E-state index is 0.235. The van der Waals surface area contributed by atoms with Gasteiger partial charge in [-0.05, 0) is 30.3 Å². The van der Waals surface area contributed by atoms with E-state index in [0.717, 1.165) is 12.1 Å². The van der Waals surface area contributed by atoms with Gasteiger partial charge < -0.3 is 11.1 Å². The molecule has 0 saturated carbocycles. The number of carbonyl (C=O) groups is 1. The first-order valence-corrected chi connectivity index (χ1v) is 10.3. The van der Waals surface area contributed by atoms with E-state index in [-0.39, 0.29) is 17.6 Å². The van der Waals surface area contributed by atoms with Crippen molar-refractivity contribution in [2.75, 3.05) is 12.4 Å². The van der Waals surface area contributed by atoms with E-state index in [9.17, 15) is 22.4 Å². The van der Waals surface area contributed by atoms with E-state index in [4.69, 9.17) is 5.73 Å². The molecule has 0 saturated heterocycles. The Bertz CT molecular complexity index is 1460. The number of aromatic nitrogens is 2. The Hall–Kier alpha value is -4.47. The Kier molecular flexibility index (Phi) is 6.37. The van der Waals surface area contributed by atoms with Crippen molar-refractivity contribution in [2.24, 2.45) is 10.7 Å². The molecule has 6 nitrogen and oxygen atoms in total. The smallest absolute Gasteiger partial charge is 0.398 e. The summed E-state index contributed by atoms with van der Waals surface area (Å²) in [4.78, 5) is 21.3. The van der Waals surface area contributed by atoms with Crippen molar-refractivity contribution in [1.82, 2.24) is 9.38 Å². The van der Waals surface area contributed by atoms with Crippen LogP contribution in [0.5, 0.6) is 0 Å². The number of benzene rings is 2. The first kappa shape index (κ1) is 23.7. The van der Waals surface area contributed by atoms with Crippen LogP contribution in [0.25, 0.3) is 22.6 Å². The Morgan fingerprint density at radius 1 is 1.09 bits per heavy atom. The number of imidazole rings is 1. The number of hydrogen-bond donors (Lipinski definition) is 2. The first-order chi connectivity index (χ1) is 16.7. The van der Waals surface area contributed by atoms with Gasteiger partial charge in [0.1, 0.15) is 23.0 Å². The quantitative estimate of drug-likeness (QED) is 0.295. The third-order valence-electron chi connectivity index (χ3n) is 5.18. The number of nitrogens with two attached hydrogens (primary N) is 1. The van der Waals surface area contributed by atoms with Crippen LogP contribution in [0.3, 0.4) is 0 Å². The Labute approximate surface area is 197 Å². The van der Waals surface area contributed by atoms with E-state index in [1.54, 1.807) is 53.1 Å². The normalized spacial score (nSPS) is 12.4. The van der Waals surface area contributed by atoms with Crippen LogP contribution in [0.4, 0.5) is 23.4 Å². The van der Waals surface area contributed by atoms with Crippen molar-refractivity contribution in [2.45, 2.75) is 6.18 Å². The monoisotopic (exact) mass is 481 g/mol. The van der Waals surface area contributed by atoms with Crippen LogP contribution in [0.1, 0.15) is 21.5 Å². The van der Waals surface area contributed by atoms with Gasteiger partial charge in [-0.3, -0.25) is 14.2 Å². The number of amides is 1. The summed E-state index contributed by atoms with van der Waals surface area (Å²) in [5.74, 6) is -2.07. The van der Waals surface area contributed by atoms with Crippen LogP contribution >= 0.6 is 0 Å². The molecule has 0 spiro atoms. The molecule has 0 bridgehead atoms. The zero-order valence-electron chi connectivity index (χ0n) is 18.3. The number of hydrogen-bond acceptors (Lipinski definition) is 4. The summed E-state index contributed by atoms with van der Waals surface area (Å²) in [7, 11) is 1.41. The maximum Gasteiger partial charge on any atom is 0.417 e. The number of alkyl halides is 3. The molecule has 1 amide bonds. The summed E-state index contributed by atoms with van der Waals surface area (Å²) >= 11 is 0. The van der Waals surface area contributed by atoms with Gasteiger partial charge in [0.2, 0.25) is 0 Å². The van der Waals surface area contributed by atoms with E-state index in [1.807, 2.05) is 6.07 Å². The molecular formula is C25H19F4N5O. The van der Waals surface area contributed by atoms with Gasteiger partial charge in [0.15, 0.2) is 0 Å². The van der Waals surface area contributed by atoms with E-state index in [0.29, 0.717) is 16.9 Å². The zero-order valence-corrected chi connectivity index (χ0v) is 18.3. The van der Waals surface area contributed by atoms with Gasteiger partial charge in [-0.25, -0.2) is 9.37 Å². The van der Waals surface area contributed by atoms with Crippen molar-refractivity contribution >= 4 is 29.3 Å². The number of pyridine rings is 1. The van der Waals surface area contributed by atoms with Crippen LogP contribution in [0, 0.1) is 5.82 Å². The molecule has 35 heavy (non-hydrogen) atoms. The molecule has 0 unspecified atom stereocenters. The summed E-state index contributed by atoms with van der Waals surface area (Å²) in [5, 5.41) is 2.61. The van der Waals surface area contributed by atoms with Crippen LogP contribution in [-0.4, -0.2) is 28.6 Å².